The van der Waals surface area contributed by atoms with Crippen LogP contribution in [-0.4, -0.2) is 88.1 Å². The number of hydrogen-bond donors (Lipinski definition) is 7. The van der Waals surface area contributed by atoms with Crippen LogP contribution >= 0.6 is 0 Å². The van der Waals surface area contributed by atoms with Crippen molar-refractivity contribution in [1.82, 2.24) is 0 Å². The molecule has 7 N–H and O–H groups in total. The molecule has 290 valence electrons. The summed E-state index contributed by atoms with van der Waals surface area (Å²) in [5.74, 6) is -8.17. The monoisotopic (exact) mass is 770 g/mol. The standard InChI is InChI=1S/C40H34O16/c1-52-29-15-20(6-9-34(41)42)5-8-28(29)56-33(40(50)51)19-23-13-25(37(46)32(18-23)55-4)24-12-22(17-31(54-3)36(24)45)14-27(39(48)49)26-11-21(7-10-35(43)44)16-30(53-2)38(26)47/h5-19,45-47H,1-4H3,(H,41,42)(H,43,44)(H,48,49)(H,50,51)/b9-6+,10-7+,27-14+,33-19-. The van der Waals surface area contributed by atoms with Crippen molar-refractivity contribution < 1.29 is 78.6 Å². The minimum Gasteiger partial charge on any atom is -0.504 e. The number of carboxylic acids is 4. The second-order valence-electron chi connectivity index (χ2n) is 11.4. The summed E-state index contributed by atoms with van der Waals surface area (Å²) < 4.78 is 26.8. The van der Waals surface area contributed by atoms with Crippen LogP contribution in [-0.2, 0) is 19.2 Å². The van der Waals surface area contributed by atoms with Gasteiger partial charge in [-0.25, -0.2) is 19.2 Å². The Labute approximate surface area is 317 Å². The Hall–Kier alpha value is -7.88. The first kappa shape index (κ1) is 40.9. The summed E-state index contributed by atoms with van der Waals surface area (Å²) in [6, 6.07) is 11.9. The molecule has 4 aromatic carbocycles. The molecule has 0 saturated heterocycles. The van der Waals surface area contributed by atoms with Gasteiger partial charge in [0.2, 0.25) is 5.76 Å². The van der Waals surface area contributed by atoms with E-state index in [1.807, 2.05) is 0 Å². The molecule has 0 unspecified atom stereocenters. The van der Waals surface area contributed by atoms with E-state index in [0.29, 0.717) is 5.56 Å². The highest BCUT2D eigenvalue weighted by Gasteiger charge is 2.23. The third-order valence-electron chi connectivity index (χ3n) is 7.83. The molecule has 0 fully saturated rings. The van der Waals surface area contributed by atoms with Gasteiger partial charge in [0.05, 0.1) is 34.0 Å². The Kier molecular flexibility index (Phi) is 13.0. The molecule has 4 rings (SSSR count). The third kappa shape index (κ3) is 9.56. The summed E-state index contributed by atoms with van der Waals surface area (Å²) in [6.45, 7) is 0. The fraction of sp³-hybridized carbons (Fsp3) is 0.100. The highest BCUT2D eigenvalue weighted by atomic mass is 16.5. The Morgan fingerprint density at radius 3 is 1.45 bits per heavy atom. The molecule has 0 atom stereocenters. The van der Waals surface area contributed by atoms with E-state index in [-0.39, 0.29) is 62.1 Å². The lowest BCUT2D eigenvalue weighted by Crippen LogP contribution is -2.08. The van der Waals surface area contributed by atoms with Crippen LogP contribution in [0.2, 0.25) is 0 Å². The summed E-state index contributed by atoms with van der Waals surface area (Å²) in [6.07, 6.45) is 6.40. The summed E-state index contributed by atoms with van der Waals surface area (Å²) in [5, 5.41) is 71.7. The number of methoxy groups -OCH3 is 4. The van der Waals surface area contributed by atoms with Crippen molar-refractivity contribution in [3.8, 4) is 57.1 Å². The average molecular weight is 771 g/mol. The first-order valence-electron chi connectivity index (χ1n) is 15.9. The van der Waals surface area contributed by atoms with Gasteiger partial charge in [0.1, 0.15) is 0 Å². The summed E-state index contributed by atoms with van der Waals surface area (Å²) >= 11 is 0. The first-order chi connectivity index (χ1) is 26.6. The zero-order chi connectivity index (χ0) is 41.3. The molecule has 0 spiro atoms. The van der Waals surface area contributed by atoms with Gasteiger partial charge >= 0.3 is 23.9 Å². The minimum atomic E-state index is -1.52. The zero-order valence-electron chi connectivity index (χ0n) is 30.0. The van der Waals surface area contributed by atoms with Gasteiger partial charge in [-0.05, 0) is 95.1 Å². The number of aliphatic carboxylic acids is 4. The van der Waals surface area contributed by atoms with Crippen LogP contribution in [0.15, 0.2) is 72.5 Å². The molecular formula is C40H34O16. The van der Waals surface area contributed by atoms with Crippen molar-refractivity contribution >= 4 is 53.8 Å². The van der Waals surface area contributed by atoms with Crippen LogP contribution < -0.4 is 23.7 Å². The lowest BCUT2D eigenvalue weighted by Gasteiger charge is -2.16. The van der Waals surface area contributed by atoms with Crippen LogP contribution in [0.25, 0.3) is 41.0 Å². The van der Waals surface area contributed by atoms with E-state index in [1.54, 1.807) is 0 Å². The van der Waals surface area contributed by atoms with Crippen LogP contribution in [0.3, 0.4) is 0 Å². The van der Waals surface area contributed by atoms with Gasteiger partial charge < -0.3 is 59.4 Å². The smallest absolute Gasteiger partial charge is 0.371 e. The van der Waals surface area contributed by atoms with Crippen LogP contribution in [0.5, 0.6) is 46.0 Å². The number of rotatable bonds is 16. The van der Waals surface area contributed by atoms with Gasteiger partial charge in [-0.3, -0.25) is 0 Å². The van der Waals surface area contributed by atoms with E-state index in [1.165, 1.54) is 95.2 Å². The maximum Gasteiger partial charge on any atom is 0.371 e. The van der Waals surface area contributed by atoms with E-state index in [0.717, 1.165) is 24.3 Å². The normalized spacial score (nSPS) is 11.7. The maximum absolute atomic E-state index is 12.6. The summed E-state index contributed by atoms with van der Waals surface area (Å²) in [5.41, 5.74) is -0.240. The van der Waals surface area contributed by atoms with E-state index >= 15 is 0 Å². The van der Waals surface area contributed by atoms with Crippen molar-refractivity contribution in [2.75, 3.05) is 28.4 Å². The molecule has 0 aliphatic carbocycles. The Morgan fingerprint density at radius 2 is 0.964 bits per heavy atom. The predicted octanol–water partition coefficient (Wildman–Crippen LogP) is 5.83. The van der Waals surface area contributed by atoms with Crippen molar-refractivity contribution in [3.05, 3.63) is 100 Å². The van der Waals surface area contributed by atoms with Crippen molar-refractivity contribution in [1.29, 1.82) is 0 Å². The van der Waals surface area contributed by atoms with Crippen LogP contribution in [0.4, 0.5) is 0 Å². The van der Waals surface area contributed by atoms with Crippen LogP contribution in [0.1, 0.15) is 27.8 Å². The van der Waals surface area contributed by atoms with Gasteiger partial charge in [-0.1, -0.05) is 6.07 Å². The van der Waals surface area contributed by atoms with Crippen molar-refractivity contribution in [3.63, 3.8) is 0 Å². The largest absolute Gasteiger partial charge is 0.504 e. The lowest BCUT2D eigenvalue weighted by molar-refractivity contribution is -0.135. The molecule has 56 heavy (non-hydrogen) atoms. The van der Waals surface area contributed by atoms with Gasteiger partial charge in [-0.15, -0.1) is 0 Å². The number of carboxylic acid groups (broad SMARTS) is 4. The molecule has 16 heteroatoms. The maximum atomic E-state index is 12.6. The Morgan fingerprint density at radius 1 is 0.500 bits per heavy atom. The Bertz CT molecular complexity index is 2330. The fourth-order valence-electron chi connectivity index (χ4n) is 5.27. The first-order valence-corrected chi connectivity index (χ1v) is 15.9. The minimum absolute atomic E-state index is 0.0391. The SMILES string of the molecule is COc1cc(/C=C/C(=O)O)ccc1O/C(=C\c1cc(OC)c(O)c(-c2cc(/C=C(/C(=O)O)c3cc(/C=C/C(=O)O)cc(OC)c3O)cc(OC)c2O)c1)C(=O)O. The molecule has 4 aromatic rings. The number of phenols is 3. The second kappa shape index (κ2) is 17.8. The van der Waals surface area contributed by atoms with Gasteiger partial charge in [0.15, 0.2) is 46.0 Å². The van der Waals surface area contributed by atoms with Gasteiger partial charge in [0.25, 0.3) is 0 Å². The summed E-state index contributed by atoms with van der Waals surface area (Å²) in [4.78, 5) is 47.0. The predicted molar refractivity (Wildman–Crippen MR) is 201 cm³/mol. The third-order valence-corrected chi connectivity index (χ3v) is 7.83. The van der Waals surface area contributed by atoms with E-state index < -0.39 is 52.5 Å². The van der Waals surface area contributed by atoms with E-state index in [2.05, 4.69) is 0 Å². The highest BCUT2D eigenvalue weighted by molar-refractivity contribution is 6.22. The molecule has 0 aliphatic rings. The van der Waals surface area contributed by atoms with Crippen LogP contribution in [0, 0.1) is 0 Å². The molecule has 0 aromatic heterocycles. The average Bonchev–Trinajstić information content (AvgIpc) is 3.16. The van der Waals surface area contributed by atoms with Crippen molar-refractivity contribution in [2.45, 2.75) is 0 Å². The summed E-state index contributed by atoms with van der Waals surface area (Å²) in [7, 11) is 4.97. The molecule has 0 bridgehead atoms. The second-order valence-corrected chi connectivity index (χ2v) is 11.4. The van der Waals surface area contributed by atoms with Gasteiger partial charge in [-0.2, -0.15) is 0 Å². The Balaban J connectivity index is 1.90. The molecule has 0 heterocycles. The van der Waals surface area contributed by atoms with E-state index in [9.17, 15) is 44.7 Å². The molecule has 0 aliphatic heterocycles. The number of ether oxygens (including phenoxy) is 5. The number of hydrogen-bond acceptors (Lipinski definition) is 12. The number of benzene rings is 4. The molecular weight excluding hydrogens is 736 g/mol. The molecule has 0 radical (unpaired) electrons. The zero-order valence-corrected chi connectivity index (χ0v) is 30.0. The number of carbonyl (C=O) groups is 4. The molecule has 0 saturated carbocycles. The molecule has 0 amide bonds. The molecule has 16 nitrogen and oxygen atoms in total. The van der Waals surface area contributed by atoms with E-state index in [4.69, 9.17) is 33.9 Å². The lowest BCUT2D eigenvalue weighted by atomic mass is 9.95. The number of phenolic OH excluding ortho intramolecular Hbond substituents is 3. The highest BCUT2D eigenvalue weighted by Crippen LogP contribution is 2.47. The quantitative estimate of drug-likeness (QED) is 0.0402. The fourth-order valence-corrected chi connectivity index (χ4v) is 5.27. The topological polar surface area (TPSA) is 256 Å². The number of aromatic hydroxyl groups is 3. The van der Waals surface area contributed by atoms with Gasteiger partial charge in [0, 0.05) is 28.8 Å². The van der Waals surface area contributed by atoms with Crippen molar-refractivity contribution in [2.24, 2.45) is 0 Å².